The molecule has 0 N–H and O–H groups in total. The highest BCUT2D eigenvalue weighted by Gasteiger charge is 2.24. The molecule has 1 aliphatic heterocycles. The molecule has 1 aromatic carbocycles. The lowest BCUT2D eigenvalue weighted by Crippen LogP contribution is -2.21. The molecule has 0 spiro atoms. The normalized spacial score (nSPS) is 20.0. The summed E-state index contributed by atoms with van der Waals surface area (Å²) in [6.07, 6.45) is 4.89. The molecule has 1 fully saturated rings. The van der Waals surface area contributed by atoms with Gasteiger partial charge in [0.1, 0.15) is 11.6 Å². The molecule has 3 nitrogen and oxygen atoms in total. The first-order valence-corrected chi connectivity index (χ1v) is 6.66. The summed E-state index contributed by atoms with van der Waals surface area (Å²) in [6.45, 7) is 2.90. The van der Waals surface area contributed by atoms with Crippen LogP contribution in [0.4, 0.5) is 4.39 Å². The summed E-state index contributed by atoms with van der Waals surface area (Å²) in [5, 5.41) is 0. The van der Waals surface area contributed by atoms with Gasteiger partial charge in [-0.25, -0.2) is 9.37 Å². The van der Waals surface area contributed by atoms with Crippen LogP contribution in [0, 0.1) is 5.82 Å². The van der Waals surface area contributed by atoms with Gasteiger partial charge in [0.05, 0.1) is 6.54 Å². The van der Waals surface area contributed by atoms with Crippen molar-refractivity contribution in [3.63, 3.8) is 0 Å². The fraction of sp³-hybridized carbons (Fsp3) is 0.400. The second-order valence-electron chi connectivity index (χ2n) is 5.23. The Balaban J connectivity index is 1.66. The van der Waals surface area contributed by atoms with E-state index in [0.29, 0.717) is 5.92 Å². The monoisotopic (exact) mass is 259 g/mol. The van der Waals surface area contributed by atoms with Crippen LogP contribution >= 0.6 is 0 Å². The third kappa shape index (κ3) is 2.68. The first kappa shape index (κ1) is 12.4. The highest BCUT2D eigenvalue weighted by atomic mass is 19.1. The van der Waals surface area contributed by atoms with E-state index in [2.05, 4.69) is 14.5 Å². The molecule has 0 aliphatic carbocycles. The Morgan fingerprint density at radius 1 is 1.42 bits per heavy atom. The Bertz CT molecular complexity index is 564. The second-order valence-corrected chi connectivity index (χ2v) is 5.23. The molecule has 1 aliphatic rings. The van der Waals surface area contributed by atoms with E-state index in [1.165, 1.54) is 6.07 Å². The SMILES string of the molecule is Cn1ccnc1CN1CC[C@H](c2cccc(F)c2)C1. The van der Waals surface area contributed by atoms with Gasteiger partial charge in [0.15, 0.2) is 0 Å². The van der Waals surface area contributed by atoms with Crippen LogP contribution in [-0.2, 0) is 13.6 Å². The predicted molar refractivity (Wildman–Crippen MR) is 72.2 cm³/mol. The van der Waals surface area contributed by atoms with E-state index in [9.17, 15) is 4.39 Å². The van der Waals surface area contributed by atoms with E-state index in [1.807, 2.05) is 25.5 Å². The van der Waals surface area contributed by atoms with Gasteiger partial charge in [-0.05, 0) is 36.6 Å². The van der Waals surface area contributed by atoms with Gasteiger partial charge in [-0.2, -0.15) is 0 Å². The van der Waals surface area contributed by atoms with Gasteiger partial charge < -0.3 is 4.57 Å². The lowest BCUT2D eigenvalue weighted by atomic mass is 9.98. The van der Waals surface area contributed by atoms with Crippen LogP contribution < -0.4 is 0 Å². The number of rotatable bonds is 3. The first-order valence-electron chi connectivity index (χ1n) is 6.66. The summed E-state index contributed by atoms with van der Waals surface area (Å²) in [5.41, 5.74) is 1.11. The molecule has 4 heteroatoms. The summed E-state index contributed by atoms with van der Waals surface area (Å²) in [6, 6.07) is 6.99. The fourth-order valence-electron chi connectivity index (χ4n) is 2.76. The zero-order chi connectivity index (χ0) is 13.2. The number of hydrogen-bond donors (Lipinski definition) is 0. The van der Waals surface area contributed by atoms with Crippen molar-refractivity contribution in [2.45, 2.75) is 18.9 Å². The highest BCUT2D eigenvalue weighted by molar-refractivity contribution is 5.22. The molecule has 1 atom stereocenters. The van der Waals surface area contributed by atoms with E-state index in [0.717, 1.165) is 37.4 Å². The standard InChI is InChI=1S/C15H18FN3/c1-18-8-6-17-15(18)11-19-7-5-13(10-19)12-3-2-4-14(16)9-12/h2-4,6,8-9,13H,5,7,10-11H2,1H3/t13-/m0/s1. The van der Waals surface area contributed by atoms with Crippen LogP contribution in [0.1, 0.15) is 23.7 Å². The van der Waals surface area contributed by atoms with Gasteiger partial charge >= 0.3 is 0 Å². The molecular formula is C15H18FN3. The molecule has 100 valence electrons. The van der Waals surface area contributed by atoms with Crippen LogP contribution in [0.3, 0.4) is 0 Å². The zero-order valence-corrected chi connectivity index (χ0v) is 11.1. The van der Waals surface area contributed by atoms with Crippen molar-refractivity contribution >= 4 is 0 Å². The van der Waals surface area contributed by atoms with Crippen LogP contribution in [-0.4, -0.2) is 27.5 Å². The molecule has 0 radical (unpaired) electrons. The Labute approximate surface area is 112 Å². The van der Waals surface area contributed by atoms with Crippen molar-refractivity contribution < 1.29 is 4.39 Å². The van der Waals surface area contributed by atoms with E-state index < -0.39 is 0 Å². The molecule has 0 unspecified atom stereocenters. The molecule has 19 heavy (non-hydrogen) atoms. The van der Waals surface area contributed by atoms with Gasteiger partial charge in [-0.1, -0.05) is 12.1 Å². The summed E-state index contributed by atoms with van der Waals surface area (Å²) < 4.78 is 15.3. The maximum absolute atomic E-state index is 13.2. The molecule has 0 bridgehead atoms. The molecule has 1 saturated heterocycles. The van der Waals surface area contributed by atoms with Crippen molar-refractivity contribution in [3.8, 4) is 0 Å². The maximum Gasteiger partial charge on any atom is 0.123 e. The van der Waals surface area contributed by atoms with Gasteiger partial charge in [0.2, 0.25) is 0 Å². The first-order chi connectivity index (χ1) is 9.22. The minimum absolute atomic E-state index is 0.139. The summed E-state index contributed by atoms with van der Waals surface area (Å²) >= 11 is 0. The average molecular weight is 259 g/mol. The van der Waals surface area contributed by atoms with Crippen LogP contribution in [0.5, 0.6) is 0 Å². The fourth-order valence-corrected chi connectivity index (χ4v) is 2.76. The van der Waals surface area contributed by atoms with Crippen molar-refractivity contribution in [3.05, 3.63) is 53.9 Å². The molecule has 1 aromatic heterocycles. The summed E-state index contributed by atoms with van der Waals surface area (Å²) in [7, 11) is 2.02. The van der Waals surface area contributed by atoms with Crippen LogP contribution in [0.25, 0.3) is 0 Å². The topological polar surface area (TPSA) is 21.1 Å². The number of nitrogens with zero attached hydrogens (tertiary/aromatic N) is 3. The minimum Gasteiger partial charge on any atom is -0.337 e. The van der Waals surface area contributed by atoms with Gasteiger partial charge in [0, 0.05) is 26.0 Å². The highest BCUT2D eigenvalue weighted by Crippen LogP contribution is 2.28. The van der Waals surface area contributed by atoms with Crippen molar-refractivity contribution in [1.82, 2.24) is 14.5 Å². The Hall–Kier alpha value is -1.68. The number of hydrogen-bond acceptors (Lipinski definition) is 2. The zero-order valence-electron chi connectivity index (χ0n) is 11.1. The molecule has 2 aromatic rings. The molecule has 2 heterocycles. The number of imidazole rings is 1. The molecule has 0 saturated carbocycles. The molecule has 3 rings (SSSR count). The number of aryl methyl sites for hydroxylation is 1. The number of benzene rings is 1. The lowest BCUT2D eigenvalue weighted by molar-refractivity contribution is 0.314. The minimum atomic E-state index is -0.139. The number of aromatic nitrogens is 2. The van der Waals surface area contributed by atoms with Crippen molar-refractivity contribution in [2.24, 2.45) is 7.05 Å². The Kier molecular flexibility index (Phi) is 3.34. The Morgan fingerprint density at radius 3 is 3.05 bits per heavy atom. The summed E-state index contributed by atoms with van der Waals surface area (Å²) in [5.74, 6) is 1.39. The van der Waals surface area contributed by atoms with Gasteiger partial charge in [-0.3, -0.25) is 4.90 Å². The quantitative estimate of drug-likeness (QED) is 0.844. The third-order valence-corrected chi connectivity index (χ3v) is 3.88. The third-order valence-electron chi connectivity index (χ3n) is 3.88. The average Bonchev–Trinajstić information content (AvgIpc) is 3.00. The van der Waals surface area contributed by atoms with Crippen molar-refractivity contribution in [1.29, 1.82) is 0 Å². The summed E-state index contributed by atoms with van der Waals surface area (Å²) in [4.78, 5) is 6.74. The lowest BCUT2D eigenvalue weighted by Gasteiger charge is -2.16. The van der Waals surface area contributed by atoms with E-state index in [1.54, 1.807) is 12.1 Å². The van der Waals surface area contributed by atoms with Gasteiger partial charge in [0.25, 0.3) is 0 Å². The van der Waals surface area contributed by atoms with Crippen LogP contribution in [0.2, 0.25) is 0 Å². The van der Waals surface area contributed by atoms with E-state index in [4.69, 9.17) is 0 Å². The van der Waals surface area contributed by atoms with Crippen LogP contribution in [0.15, 0.2) is 36.7 Å². The smallest absolute Gasteiger partial charge is 0.123 e. The predicted octanol–water partition coefficient (Wildman–Crippen LogP) is 2.55. The Morgan fingerprint density at radius 2 is 2.32 bits per heavy atom. The van der Waals surface area contributed by atoms with Crippen molar-refractivity contribution in [2.75, 3.05) is 13.1 Å². The van der Waals surface area contributed by atoms with E-state index >= 15 is 0 Å². The van der Waals surface area contributed by atoms with E-state index in [-0.39, 0.29) is 5.82 Å². The molecular weight excluding hydrogens is 241 g/mol. The van der Waals surface area contributed by atoms with Gasteiger partial charge in [-0.15, -0.1) is 0 Å². The number of likely N-dealkylation sites (tertiary alicyclic amines) is 1. The number of halogens is 1. The second kappa shape index (κ2) is 5.13. The molecule has 0 amide bonds. The largest absolute Gasteiger partial charge is 0.337 e. The maximum atomic E-state index is 13.2.